The average Bonchev–Trinajstić information content (AvgIpc) is 2.87. The van der Waals surface area contributed by atoms with Gasteiger partial charge in [-0.05, 0) is 63.5 Å². The van der Waals surface area contributed by atoms with Crippen LogP contribution in [-0.2, 0) is 9.53 Å². The van der Waals surface area contributed by atoms with Crippen molar-refractivity contribution in [1.29, 1.82) is 0 Å². The Morgan fingerprint density at radius 1 is 1.13 bits per heavy atom. The fraction of sp³-hybridized carbons (Fsp3) is 0.464. The summed E-state index contributed by atoms with van der Waals surface area (Å²) in [5, 5.41) is 2.76. The van der Waals surface area contributed by atoms with Crippen LogP contribution in [0.5, 0.6) is 5.75 Å². The van der Waals surface area contributed by atoms with Gasteiger partial charge in [-0.1, -0.05) is 6.92 Å². The fourth-order valence-corrected chi connectivity index (χ4v) is 4.37. The minimum absolute atomic E-state index is 0.0200. The second-order valence-electron chi connectivity index (χ2n) is 10.1. The van der Waals surface area contributed by atoms with Crippen molar-refractivity contribution in [2.24, 2.45) is 5.92 Å². The summed E-state index contributed by atoms with van der Waals surface area (Å²) in [7, 11) is 6.97. The van der Waals surface area contributed by atoms with E-state index in [-0.39, 0.29) is 54.2 Å². The van der Waals surface area contributed by atoms with Crippen LogP contribution in [0.1, 0.15) is 34.6 Å². The van der Waals surface area contributed by atoms with Gasteiger partial charge in [0.15, 0.2) is 0 Å². The highest BCUT2D eigenvalue weighted by atomic mass is 19.1. The van der Waals surface area contributed by atoms with Crippen molar-refractivity contribution in [1.82, 2.24) is 14.7 Å². The maximum Gasteiger partial charge on any atom is 0.257 e. The number of anilines is 1. The molecule has 2 aromatic carbocycles. The molecule has 2 aromatic rings. The molecule has 9 nitrogen and oxygen atoms in total. The predicted octanol–water partition coefficient (Wildman–Crippen LogP) is 2.97. The molecule has 3 rings (SSSR count). The van der Waals surface area contributed by atoms with Crippen LogP contribution < -0.4 is 10.1 Å². The molecular weight excluding hydrogens is 491 g/mol. The number of likely N-dealkylation sites (N-methyl/N-ethyl adjacent to an activating group) is 2. The smallest absolute Gasteiger partial charge is 0.257 e. The normalized spacial score (nSPS) is 20.7. The van der Waals surface area contributed by atoms with Gasteiger partial charge in [0.25, 0.3) is 11.8 Å². The highest BCUT2D eigenvalue weighted by molar-refractivity contribution is 6.05. The third-order valence-corrected chi connectivity index (χ3v) is 6.58. The summed E-state index contributed by atoms with van der Waals surface area (Å²) >= 11 is 0. The van der Waals surface area contributed by atoms with Gasteiger partial charge < -0.3 is 29.5 Å². The van der Waals surface area contributed by atoms with Gasteiger partial charge in [0, 0.05) is 44.4 Å². The molecule has 0 fully saturated rings. The molecule has 10 heteroatoms. The second-order valence-corrected chi connectivity index (χ2v) is 10.1. The zero-order valence-corrected chi connectivity index (χ0v) is 22.9. The molecule has 0 aromatic heterocycles. The first kappa shape index (κ1) is 29.1. The van der Waals surface area contributed by atoms with Crippen molar-refractivity contribution in [2.75, 3.05) is 59.8 Å². The molecule has 206 valence electrons. The van der Waals surface area contributed by atoms with Gasteiger partial charge in [-0.15, -0.1) is 0 Å². The number of rotatable bonds is 5. The second kappa shape index (κ2) is 12.8. The number of halogens is 1. The number of fused-ring (bicyclic) bond motifs is 1. The van der Waals surface area contributed by atoms with Crippen molar-refractivity contribution < 1.29 is 28.2 Å². The molecule has 0 radical (unpaired) electrons. The Bertz CT molecular complexity index is 1140. The summed E-state index contributed by atoms with van der Waals surface area (Å²) in [5.41, 5.74) is 0.945. The van der Waals surface area contributed by atoms with Crippen LogP contribution in [0.15, 0.2) is 42.5 Å². The van der Waals surface area contributed by atoms with E-state index in [1.165, 1.54) is 24.3 Å². The van der Waals surface area contributed by atoms with Gasteiger partial charge in [-0.3, -0.25) is 14.4 Å². The fourth-order valence-electron chi connectivity index (χ4n) is 4.37. The van der Waals surface area contributed by atoms with Gasteiger partial charge in [0.2, 0.25) is 5.91 Å². The van der Waals surface area contributed by atoms with Crippen LogP contribution in [-0.4, -0.2) is 99.1 Å². The van der Waals surface area contributed by atoms with E-state index in [9.17, 15) is 18.8 Å². The molecule has 0 bridgehead atoms. The lowest BCUT2D eigenvalue weighted by molar-refractivity contribution is -0.136. The Labute approximate surface area is 223 Å². The molecule has 3 atom stereocenters. The molecule has 0 saturated heterocycles. The van der Waals surface area contributed by atoms with Gasteiger partial charge >= 0.3 is 0 Å². The van der Waals surface area contributed by atoms with E-state index in [2.05, 4.69) is 5.32 Å². The zero-order chi connectivity index (χ0) is 28.0. The van der Waals surface area contributed by atoms with Crippen LogP contribution in [0.2, 0.25) is 0 Å². The maximum atomic E-state index is 13.5. The third kappa shape index (κ3) is 7.29. The average molecular weight is 529 g/mol. The monoisotopic (exact) mass is 528 g/mol. The molecule has 0 unspecified atom stereocenters. The Morgan fingerprint density at radius 2 is 1.82 bits per heavy atom. The molecule has 1 heterocycles. The number of hydrogen-bond acceptors (Lipinski definition) is 6. The quantitative estimate of drug-likeness (QED) is 0.642. The van der Waals surface area contributed by atoms with Crippen molar-refractivity contribution in [3.8, 4) is 5.75 Å². The van der Waals surface area contributed by atoms with Crippen LogP contribution in [0.25, 0.3) is 0 Å². The summed E-state index contributed by atoms with van der Waals surface area (Å²) < 4.78 is 25.1. The van der Waals surface area contributed by atoms with Gasteiger partial charge in [0.05, 0.1) is 24.3 Å². The Hall–Kier alpha value is -3.50. The van der Waals surface area contributed by atoms with Gasteiger partial charge in [-0.2, -0.15) is 0 Å². The molecular formula is C28H37FN4O5. The topological polar surface area (TPSA) is 91.4 Å². The number of benzene rings is 2. The van der Waals surface area contributed by atoms with E-state index in [4.69, 9.17) is 9.47 Å². The molecule has 1 aliphatic heterocycles. The number of carbonyl (C=O) groups excluding carboxylic acids is 3. The lowest BCUT2D eigenvalue weighted by Crippen LogP contribution is -2.50. The summed E-state index contributed by atoms with van der Waals surface area (Å²) in [6.45, 7) is 5.11. The molecule has 0 aliphatic carbocycles. The van der Waals surface area contributed by atoms with Crippen molar-refractivity contribution in [3.63, 3.8) is 0 Å². The predicted molar refractivity (Wildman–Crippen MR) is 143 cm³/mol. The van der Waals surface area contributed by atoms with Crippen LogP contribution >= 0.6 is 0 Å². The number of amides is 3. The van der Waals surface area contributed by atoms with Crippen LogP contribution in [0.3, 0.4) is 0 Å². The SMILES string of the molecule is CO[C@H]1CN(C)C(=O)c2cc(NC(=O)c3ccc(F)cc3)ccc2OC[C@@H](C)N(C(=O)CN(C)C)C[C@H]1C. The van der Waals surface area contributed by atoms with Crippen LogP contribution in [0.4, 0.5) is 10.1 Å². The molecule has 0 spiro atoms. The zero-order valence-electron chi connectivity index (χ0n) is 22.9. The van der Waals surface area contributed by atoms with Crippen molar-refractivity contribution in [3.05, 3.63) is 59.4 Å². The lowest BCUT2D eigenvalue weighted by atomic mass is 10.0. The first-order chi connectivity index (χ1) is 18.0. The number of ether oxygens (including phenoxy) is 2. The van der Waals surface area contributed by atoms with Crippen LogP contribution in [0, 0.1) is 11.7 Å². The van der Waals surface area contributed by atoms with E-state index in [1.54, 1.807) is 42.2 Å². The number of nitrogens with zero attached hydrogens (tertiary/aromatic N) is 3. The Balaban J connectivity index is 1.93. The third-order valence-electron chi connectivity index (χ3n) is 6.58. The van der Waals surface area contributed by atoms with E-state index in [0.29, 0.717) is 24.5 Å². The highest BCUT2D eigenvalue weighted by Crippen LogP contribution is 2.27. The lowest BCUT2D eigenvalue weighted by Gasteiger charge is -2.36. The number of methoxy groups -OCH3 is 1. The highest BCUT2D eigenvalue weighted by Gasteiger charge is 2.30. The van der Waals surface area contributed by atoms with E-state index >= 15 is 0 Å². The summed E-state index contributed by atoms with van der Waals surface area (Å²) in [5.74, 6) is -0.891. The molecule has 0 saturated carbocycles. The minimum atomic E-state index is -0.438. The minimum Gasteiger partial charge on any atom is -0.491 e. The molecule has 3 amide bonds. The van der Waals surface area contributed by atoms with E-state index in [0.717, 1.165) is 0 Å². The Kier molecular flexibility index (Phi) is 9.82. The molecule has 38 heavy (non-hydrogen) atoms. The standard InChI is InChI=1S/C28H37FN4O5/c1-18-14-33(26(34)16-31(3)4)19(2)17-38-24-12-11-22(30-27(35)20-7-9-21(29)10-8-20)13-23(24)28(36)32(5)15-25(18)37-6/h7-13,18-19,25H,14-17H2,1-6H3,(H,30,35)/t18-,19-,25+/m1/s1. The summed E-state index contributed by atoms with van der Waals surface area (Å²) in [4.78, 5) is 44.4. The first-order valence-electron chi connectivity index (χ1n) is 12.6. The summed E-state index contributed by atoms with van der Waals surface area (Å²) in [6.07, 6.45) is -0.309. The first-order valence-corrected chi connectivity index (χ1v) is 12.6. The summed E-state index contributed by atoms with van der Waals surface area (Å²) in [6, 6.07) is 9.75. The largest absolute Gasteiger partial charge is 0.491 e. The van der Waals surface area contributed by atoms with E-state index in [1.807, 2.05) is 32.8 Å². The number of carbonyl (C=O) groups is 3. The molecule has 1 aliphatic rings. The van der Waals surface area contributed by atoms with E-state index < -0.39 is 11.7 Å². The van der Waals surface area contributed by atoms with Gasteiger partial charge in [-0.25, -0.2) is 4.39 Å². The molecule has 1 N–H and O–H groups in total. The maximum absolute atomic E-state index is 13.5. The number of hydrogen-bond donors (Lipinski definition) is 1. The number of nitrogens with one attached hydrogen (secondary N) is 1. The Morgan fingerprint density at radius 3 is 2.45 bits per heavy atom. The van der Waals surface area contributed by atoms with Crippen molar-refractivity contribution in [2.45, 2.75) is 26.0 Å². The van der Waals surface area contributed by atoms with Gasteiger partial charge in [0.1, 0.15) is 18.2 Å². The van der Waals surface area contributed by atoms with Crippen molar-refractivity contribution >= 4 is 23.4 Å².